The quantitative estimate of drug-likeness (QED) is 0.827. The first-order valence-corrected chi connectivity index (χ1v) is 6.08. The van der Waals surface area contributed by atoms with E-state index in [2.05, 4.69) is 28.2 Å². The lowest BCUT2D eigenvalue weighted by Crippen LogP contribution is -2.41. The lowest BCUT2D eigenvalue weighted by Gasteiger charge is -2.35. The third-order valence-electron chi connectivity index (χ3n) is 3.20. The first kappa shape index (κ1) is 11.1. The molecule has 1 aromatic rings. The number of piperidine rings is 1. The summed E-state index contributed by atoms with van der Waals surface area (Å²) < 4.78 is 14.5. The predicted molar refractivity (Wildman–Crippen MR) is 63.6 cm³/mol. The molecule has 1 heterocycles. The summed E-state index contributed by atoms with van der Waals surface area (Å²) in [5, 5.41) is 3.34. The highest BCUT2D eigenvalue weighted by molar-refractivity contribution is 9.10. The maximum absolute atomic E-state index is 14.0. The maximum atomic E-state index is 14.0. The Kier molecular flexibility index (Phi) is 3.12. The summed E-state index contributed by atoms with van der Waals surface area (Å²) in [4.78, 5) is 0. The van der Waals surface area contributed by atoms with Crippen molar-refractivity contribution < 1.29 is 4.39 Å². The molecule has 0 aliphatic carbocycles. The third kappa shape index (κ3) is 2.08. The Morgan fingerprint density at radius 2 is 2.27 bits per heavy atom. The molecule has 1 N–H and O–H groups in total. The van der Waals surface area contributed by atoms with E-state index in [0.29, 0.717) is 4.47 Å². The summed E-state index contributed by atoms with van der Waals surface area (Å²) >= 11 is 3.24. The van der Waals surface area contributed by atoms with Crippen molar-refractivity contribution in [3.8, 4) is 0 Å². The van der Waals surface area contributed by atoms with Crippen molar-refractivity contribution in [1.29, 1.82) is 0 Å². The molecule has 1 atom stereocenters. The highest BCUT2D eigenvalue weighted by atomic mass is 79.9. The van der Waals surface area contributed by atoms with Gasteiger partial charge in [-0.3, -0.25) is 0 Å². The van der Waals surface area contributed by atoms with Gasteiger partial charge in [0.25, 0.3) is 0 Å². The molecular formula is C12H15BrFN. The third-order valence-corrected chi connectivity index (χ3v) is 3.81. The molecule has 1 unspecified atom stereocenters. The van der Waals surface area contributed by atoms with Crippen molar-refractivity contribution in [2.45, 2.75) is 25.2 Å². The summed E-state index contributed by atoms with van der Waals surface area (Å²) in [6.07, 6.45) is 2.16. The van der Waals surface area contributed by atoms with E-state index in [1.165, 1.54) is 0 Å². The minimum atomic E-state index is -0.108. The number of hydrogen-bond acceptors (Lipinski definition) is 1. The number of halogens is 2. The Balaban J connectivity index is 2.39. The summed E-state index contributed by atoms with van der Waals surface area (Å²) in [6.45, 7) is 4.04. The van der Waals surface area contributed by atoms with Crippen LogP contribution < -0.4 is 5.32 Å². The van der Waals surface area contributed by atoms with Crippen LogP contribution >= 0.6 is 15.9 Å². The van der Waals surface area contributed by atoms with Crippen LogP contribution in [0, 0.1) is 5.82 Å². The fourth-order valence-electron chi connectivity index (χ4n) is 2.26. The van der Waals surface area contributed by atoms with E-state index in [9.17, 15) is 4.39 Å². The monoisotopic (exact) mass is 271 g/mol. The van der Waals surface area contributed by atoms with Crippen LogP contribution in [0.2, 0.25) is 0 Å². The Bertz CT molecular complexity index is 359. The minimum absolute atomic E-state index is 0.0634. The summed E-state index contributed by atoms with van der Waals surface area (Å²) in [6, 6.07) is 5.55. The molecule has 82 valence electrons. The van der Waals surface area contributed by atoms with Gasteiger partial charge in [-0.25, -0.2) is 4.39 Å². The molecule has 2 rings (SSSR count). The zero-order chi connectivity index (χ0) is 10.9. The first-order chi connectivity index (χ1) is 7.13. The molecule has 1 saturated heterocycles. The van der Waals surface area contributed by atoms with Crippen LogP contribution in [0.5, 0.6) is 0 Å². The van der Waals surface area contributed by atoms with Crippen LogP contribution in [-0.4, -0.2) is 13.1 Å². The summed E-state index contributed by atoms with van der Waals surface area (Å²) in [5.74, 6) is -0.108. The smallest absolute Gasteiger partial charge is 0.141 e. The SMILES string of the molecule is CC1(c2cccc(Br)c2F)CCCNC1. The Morgan fingerprint density at radius 3 is 2.93 bits per heavy atom. The highest BCUT2D eigenvalue weighted by Crippen LogP contribution is 2.34. The summed E-state index contributed by atoms with van der Waals surface area (Å²) in [7, 11) is 0. The van der Waals surface area contributed by atoms with E-state index in [1.807, 2.05) is 12.1 Å². The number of rotatable bonds is 1. The normalized spacial score (nSPS) is 26.6. The molecule has 0 amide bonds. The molecule has 0 radical (unpaired) electrons. The van der Waals surface area contributed by atoms with Gasteiger partial charge in [-0.15, -0.1) is 0 Å². The van der Waals surface area contributed by atoms with Crippen LogP contribution in [-0.2, 0) is 5.41 Å². The van der Waals surface area contributed by atoms with Crippen LogP contribution in [0.15, 0.2) is 22.7 Å². The van der Waals surface area contributed by atoms with E-state index in [0.717, 1.165) is 31.5 Å². The van der Waals surface area contributed by atoms with E-state index in [-0.39, 0.29) is 11.2 Å². The van der Waals surface area contributed by atoms with Crippen molar-refractivity contribution >= 4 is 15.9 Å². The fourth-order valence-corrected chi connectivity index (χ4v) is 2.62. The van der Waals surface area contributed by atoms with Crippen molar-refractivity contribution in [3.63, 3.8) is 0 Å². The molecule has 0 spiro atoms. The average Bonchev–Trinajstić information content (AvgIpc) is 2.23. The van der Waals surface area contributed by atoms with Crippen molar-refractivity contribution in [1.82, 2.24) is 5.32 Å². The Labute approximate surface area is 98.2 Å². The number of hydrogen-bond donors (Lipinski definition) is 1. The van der Waals surface area contributed by atoms with Crippen LogP contribution in [0.1, 0.15) is 25.3 Å². The average molecular weight is 272 g/mol. The van der Waals surface area contributed by atoms with Crippen LogP contribution in [0.4, 0.5) is 4.39 Å². The molecule has 15 heavy (non-hydrogen) atoms. The second-order valence-corrected chi connectivity index (χ2v) is 5.30. The van der Waals surface area contributed by atoms with Gasteiger partial charge in [0.2, 0.25) is 0 Å². The van der Waals surface area contributed by atoms with Gasteiger partial charge in [0, 0.05) is 12.0 Å². The molecule has 3 heteroatoms. The van der Waals surface area contributed by atoms with Gasteiger partial charge in [0.15, 0.2) is 0 Å². The van der Waals surface area contributed by atoms with Crippen molar-refractivity contribution in [3.05, 3.63) is 34.1 Å². The Morgan fingerprint density at radius 1 is 1.47 bits per heavy atom. The van der Waals surface area contributed by atoms with Gasteiger partial charge in [-0.05, 0) is 46.9 Å². The first-order valence-electron chi connectivity index (χ1n) is 5.29. The lowest BCUT2D eigenvalue weighted by molar-refractivity contribution is 0.328. The van der Waals surface area contributed by atoms with Gasteiger partial charge in [-0.2, -0.15) is 0 Å². The second-order valence-electron chi connectivity index (χ2n) is 4.44. The molecule has 0 saturated carbocycles. The Hall–Kier alpha value is -0.410. The van der Waals surface area contributed by atoms with Gasteiger partial charge < -0.3 is 5.32 Å². The molecule has 1 aliphatic heterocycles. The predicted octanol–water partition coefficient (Wildman–Crippen LogP) is 3.23. The standard InChI is InChI=1S/C12H15BrFN/c1-12(6-3-7-15-8-12)9-4-2-5-10(13)11(9)14/h2,4-5,15H,3,6-8H2,1H3. The number of benzene rings is 1. The highest BCUT2D eigenvalue weighted by Gasteiger charge is 2.31. The minimum Gasteiger partial charge on any atom is -0.316 e. The summed E-state index contributed by atoms with van der Waals surface area (Å²) in [5.41, 5.74) is 0.760. The van der Waals surface area contributed by atoms with E-state index < -0.39 is 0 Å². The molecule has 1 nitrogen and oxygen atoms in total. The molecule has 0 aromatic heterocycles. The van der Waals surface area contributed by atoms with Crippen molar-refractivity contribution in [2.24, 2.45) is 0 Å². The topological polar surface area (TPSA) is 12.0 Å². The molecule has 1 aliphatic rings. The fraction of sp³-hybridized carbons (Fsp3) is 0.500. The van der Waals surface area contributed by atoms with E-state index >= 15 is 0 Å². The van der Waals surface area contributed by atoms with Gasteiger partial charge >= 0.3 is 0 Å². The second kappa shape index (κ2) is 4.22. The zero-order valence-electron chi connectivity index (χ0n) is 8.82. The molecular weight excluding hydrogens is 257 g/mol. The number of nitrogens with one attached hydrogen (secondary N) is 1. The van der Waals surface area contributed by atoms with Crippen molar-refractivity contribution in [2.75, 3.05) is 13.1 Å². The maximum Gasteiger partial charge on any atom is 0.141 e. The van der Waals surface area contributed by atoms with Gasteiger partial charge in [-0.1, -0.05) is 19.1 Å². The lowest BCUT2D eigenvalue weighted by atomic mass is 9.76. The van der Waals surface area contributed by atoms with E-state index in [1.54, 1.807) is 6.07 Å². The van der Waals surface area contributed by atoms with Gasteiger partial charge in [0.05, 0.1) is 4.47 Å². The van der Waals surface area contributed by atoms with Crippen LogP contribution in [0.25, 0.3) is 0 Å². The molecule has 1 aromatic carbocycles. The van der Waals surface area contributed by atoms with Crippen LogP contribution in [0.3, 0.4) is 0 Å². The zero-order valence-corrected chi connectivity index (χ0v) is 10.4. The van der Waals surface area contributed by atoms with Gasteiger partial charge in [0.1, 0.15) is 5.82 Å². The molecule has 1 fully saturated rings. The largest absolute Gasteiger partial charge is 0.316 e. The molecule has 0 bridgehead atoms. The van der Waals surface area contributed by atoms with E-state index in [4.69, 9.17) is 0 Å².